The van der Waals surface area contributed by atoms with Crippen LogP contribution in [0, 0.1) is 5.82 Å². The van der Waals surface area contributed by atoms with Gasteiger partial charge in [-0.05, 0) is 29.8 Å². The number of halogens is 2. The third-order valence-electron chi connectivity index (χ3n) is 3.52. The predicted octanol–water partition coefficient (Wildman–Crippen LogP) is 2.14. The lowest BCUT2D eigenvalue weighted by molar-refractivity contribution is -0.121. The monoisotopic (exact) mass is 360 g/mol. The van der Waals surface area contributed by atoms with E-state index in [2.05, 4.69) is 10.4 Å². The van der Waals surface area contributed by atoms with Crippen LogP contribution in [0.2, 0.25) is 5.02 Å². The third kappa shape index (κ3) is 3.95. The molecule has 0 fully saturated rings. The molecule has 3 rings (SSSR count). The zero-order valence-electron chi connectivity index (χ0n) is 13.0. The summed E-state index contributed by atoms with van der Waals surface area (Å²) in [6, 6.07) is 13.2. The van der Waals surface area contributed by atoms with Crippen LogP contribution >= 0.6 is 11.6 Å². The van der Waals surface area contributed by atoms with Gasteiger partial charge in [0, 0.05) is 6.54 Å². The number of hydrogen-bond donors (Lipinski definition) is 1. The first-order valence-electron chi connectivity index (χ1n) is 7.45. The van der Waals surface area contributed by atoms with E-state index in [1.165, 1.54) is 27.7 Å². The van der Waals surface area contributed by atoms with Gasteiger partial charge in [-0.2, -0.15) is 9.78 Å². The van der Waals surface area contributed by atoms with E-state index < -0.39 is 11.5 Å². The van der Waals surface area contributed by atoms with Crippen molar-refractivity contribution in [3.05, 3.63) is 81.7 Å². The van der Waals surface area contributed by atoms with E-state index in [-0.39, 0.29) is 24.0 Å². The number of amides is 1. The fourth-order valence-electron chi connectivity index (χ4n) is 2.25. The largest absolute Gasteiger partial charge is 0.350 e. The van der Waals surface area contributed by atoms with Crippen molar-refractivity contribution < 1.29 is 9.18 Å². The Kier molecular flexibility index (Phi) is 4.95. The van der Waals surface area contributed by atoms with Crippen molar-refractivity contribution in [3.63, 3.8) is 0 Å². The minimum absolute atomic E-state index is 0.0231. The Morgan fingerprint density at radius 2 is 1.96 bits per heavy atom. The highest BCUT2D eigenvalue weighted by molar-refractivity contribution is 6.30. The van der Waals surface area contributed by atoms with E-state index in [1.54, 1.807) is 30.3 Å². The van der Waals surface area contributed by atoms with E-state index in [4.69, 9.17) is 11.6 Å². The molecule has 0 spiro atoms. The Hall–Kier alpha value is -2.93. The van der Waals surface area contributed by atoms with Gasteiger partial charge in [0.25, 0.3) is 0 Å². The van der Waals surface area contributed by atoms with E-state index in [1.807, 2.05) is 6.07 Å². The van der Waals surface area contributed by atoms with Crippen LogP contribution in [0.25, 0.3) is 5.69 Å². The highest BCUT2D eigenvalue weighted by Gasteiger charge is 2.10. The van der Waals surface area contributed by atoms with Gasteiger partial charge in [0.05, 0.1) is 10.7 Å². The van der Waals surface area contributed by atoms with Crippen molar-refractivity contribution in [1.82, 2.24) is 19.7 Å². The maximum Gasteiger partial charge on any atom is 0.350 e. The SMILES string of the molecule is O=C(Cn1cnn(-c2ccccc2)c1=O)NCc1ccc(Cl)c(F)c1. The molecular weight excluding hydrogens is 347 g/mol. The zero-order valence-corrected chi connectivity index (χ0v) is 13.8. The van der Waals surface area contributed by atoms with Crippen molar-refractivity contribution in [2.24, 2.45) is 0 Å². The quantitative estimate of drug-likeness (QED) is 0.758. The summed E-state index contributed by atoms with van der Waals surface area (Å²) in [4.78, 5) is 24.3. The minimum Gasteiger partial charge on any atom is -0.350 e. The molecule has 0 radical (unpaired) electrons. The third-order valence-corrected chi connectivity index (χ3v) is 3.83. The summed E-state index contributed by atoms with van der Waals surface area (Å²) >= 11 is 5.61. The first-order valence-corrected chi connectivity index (χ1v) is 7.83. The Morgan fingerprint density at radius 3 is 2.68 bits per heavy atom. The molecule has 0 unspecified atom stereocenters. The topological polar surface area (TPSA) is 68.9 Å². The van der Waals surface area contributed by atoms with Gasteiger partial charge in [-0.15, -0.1) is 0 Å². The molecule has 25 heavy (non-hydrogen) atoms. The maximum absolute atomic E-state index is 13.4. The van der Waals surface area contributed by atoms with Gasteiger partial charge in [0.1, 0.15) is 18.7 Å². The smallest absolute Gasteiger partial charge is 0.350 e. The number of carbonyl (C=O) groups is 1. The van der Waals surface area contributed by atoms with Gasteiger partial charge in [-0.3, -0.25) is 9.36 Å². The Balaban J connectivity index is 1.64. The number of rotatable bonds is 5. The number of hydrogen-bond acceptors (Lipinski definition) is 3. The van der Waals surface area contributed by atoms with Crippen LogP contribution in [0.1, 0.15) is 5.56 Å². The molecule has 128 valence electrons. The fourth-order valence-corrected chi connectivity index (χ4v) is 2.37. The maximum atomic E-state index is 13.4. The molecule has 0 aliphatic carbocycles. The van der Waals surface area contributed by atoms with Crippen LogP contribution in [-0.4, -0.2) is 20.3 Å². The summed E-state index contributed by atoms with van der Waals surface area (Å²) in [5.74, 6) is -0.932. The van der Waals surface area contributed by atoms with Crippen molar-refractivity contribution >= 4 is 17.5 Å². The summed E-state index contributed by atoms with van der Waals surface area (Å²) in [6.07, 6.45) is 1.30. The molecule has 3 aromatic rings. The minimum atomic E-state index is -0.547. The van der Waals surface area contributed by atoms with Crippen LogP contribution in [0.15, 0.2) is 59.7 Å². The summed E-state index contributed by atoms with van der Waals surface area (Å²) in [5, 5.41) is 6.65. The zero-order chi connectivity index (χ0) is 17.8. The normalized spacial score (nSPS) is 10.6. The lowest BCUT2D eigenvalue weighted by Gasteiger charge is -2.06. The summed E-state index contributed by atoms with van der Waals surface area (Å²) < 4.78 is 15.8. The highest BCUT2D eigenvalue weighted by Crippen LogP contribution is 2.15. The molecular formula is C17H14ClFN4O2. The molecule has 2 aromatic carbocycles. The average Bonchev–Trinajstić information content (AvgIpc) is 2.97. The molecule has 0 saturated carbocycles. The van der Waals surface area contributed by atoms with Gasteiger partial charge in [0.2, 0.25) is 5.91 Å². The Morgan fingerprint density at radius 1 is 1.20 bits per heavy atom. The number of para-hydroxylation sites is 1. The molecule has 0 atom stereocenters. The molecule has 1 heterocycles. The highest BCUT2D eigenvalue weighted by atomic mass is 35.5. The average molecular weight is 361 g/mol. The second-order valence-electron chi connectivity index (χ2n) is 5.31. The van der Waals surface area contributed by atoms with Crippen molar-refractivity contribution in [2.45, 2.75) is 13.1 Å². The van der Waals surface area contributed by atoms with Crippen LogP contribution in [0.5, 0.6) is 0 Å². The van der Waals surface area contributed by atoms with Gasteiger partial charge < -0.3 is 5.32 Å². The summed E-state index contributed by atoms with van der Waals surface area (Å²) in [7, 11) is 0. The predicted molar refractivity (Wildman–Crippen MR) is 91.1 cm³/mol. The molecule has 1 aromatic heterocycles. The second kappa shape index (κ2) is 7.31. The molecule has 1 amide bonds. The fraction of sp³-hybridized carbons (Fsp3) is 0.118. The van der Waals surface area contributed by atoms with Crippen LogP contribution in [0.4, 0.5) is 4.39 Å². The Labute approximate surface area is 147 Å². The van der Waals surface area contributed by atoms with Crippen LogP contribution in [0.3, 0.4) is 0 Å². The number of aromatic nitrogens is 3. The van der Waals surface area contributed by atoms with E-state index in [0.717, 1.165) is 0 Å². The number of nitrogens with zero attached hydrogens (tertiary/aromatic N) is 3. The van der Waals surface area contributed by atoms with Crippen LogP contribution < -0.4 is 11.0 Å². The van der Waals surface area contributed by atoms with E-state index in [0.29, 0.717) is 11.3 Å². The molecule has 0 bridgehead atoms. The summed E-state index contributed by atoms with van der Waals surface area (Å²) in [6.45, 7) is -0.0454. The van der Waals surface area contributed by atoms with E-state index >= 15 is 0 Å². The Bertz CT molecular complexity index is 953. The molecule has 0 aliphatic heterocycles. The van der Waals surface area contributed by atoms with Crippen molar-refractivity contribution in [1.29, 1.82) is 0 Å². The molecule has 1 N–H and O–H groups in total. The molecule has 8 heteroatoms. The van der Waals surface area contributed by atoms with Gasteiger partial charge in [-0.1, -0.05) is 35.9 Å². The lowest BCUT2D eigenvalue weighted by atomic mass is 10.2. The van der Waals surface area contributed by atoms with Crippen molar-refractivity contribution in [2.75, 3.05) is 0 Å². The number of nitrogens with one attached hydrogen (secondary N) is 1. The molecule has 0 saturated heterocycles. The van der Waals surface area contributed by atoms with Gasteiger partial charge >= 0.3 is 5.69 Å². The second-order valence-corrected chi connectivity index (χ2v) is 5.72. The number of benzene rings is 2. The van der Waals surface area contributed by atoms with Crippen molar-refractivity contribution in [3.8, 4) is 5.69 Å². The molecule has 6 nitrogen and oxygen atoms in total. The van der Waals surface area contributed by atoms with Crippen LogP contribution in [-0.2, 0) is 17.9 Å². The number of carbonyl (C=O) groups excluding carboxylic acids is 1. The summed E-state index contributed by atoms with van der Waals surface area (Å²) in [5.41, 5.74) is 0.768. The van der Waals surface area contributed by atoms with Gasteiger partial charge in [0.15, 0.2) is 0 Å². The van der Waals surface area contributed by atoms with E-state index in [9.17, 15) is 14.0 Å². The first-order chi connectivity index (χ1) is 12.0. The van der Waals surface area contributed by atoms with Gasteiger partial charge in [-0.25, -0.2) is 9.18 Å². The molecule has 0 aliphatic rings. The standard InChI is InChI=1S/C17H14ClFN4O2/c18-14-7-6-12(8-15(14)19)9-20-16(24)10-22-11-21-23(17(22)25)13-4-2-1-3-5-13/h1-8,11H,9-10H2,(H,20,24). The lowest BCUT2D eigenvalue weighted by Crippen LogP contribution is -2.32. The first kappa shape index (κ1) is 16.9.